The lowest BCUT2D eigenvalue weighted by Gasteiger charge is -2.09. The van der Waals surface area contributed by atoms with E-state index in [1.165, 1.54) is 24.8 Å². The highest BCUT2D eigenvalue weighted by Gasteiger charge is 2.17. The lowest BCUT2D eigenvalue weighted by molar-refractivity contribution is -0.384. The normalized spacial score (nSPS) is 10.2. The third-order valence-corrected chi connectivity index (χ3v) is 3.61. The molecule has 0 aliphatic rings. The highest BCUT2D eigenvalue weighted by Crippen LogP contribution is 2.29. The summed E-state index contributed by atoms with van der Waals surface area (Å²) in [5.41, 5.74) is 1.11. The number of carbonyl (C=O) groups is 1. The van der Waals surface area contributed by atoms with Crippen LogP contribution in [0.3, 0.4) is 0 Å². The Hall–Kier alpha value is -3.09. The predicted octanol–water partition coefficient (Wildman–Crippen LogP) is 3.57. The molecule has 2 aromatic carbocycles. The van der Waals surface area contributed by atoms with E-state index in [1.54, 1.807) is 6.07 Å². The van der Waals surface area contributed by atoms with Crippen molar-refractivity contribution in [1.82, 2.24) is 0 Å². The van der Waals surface area contributed by atoms with Crippen LogP contribution in [0.1, 0.15) is 18.9 Å². The van der Waals surface area contributed by atoms with Crippen LogP contribution in [0, 0.1) is 10.1 Å². The maximum absolute atomic E-state index is 12.0. The molecule has 0 aromatic heterocycles. The average molecular weight is 344 g/mol. The summed E-state index contributed by atoms with van der Waals surface area (Å²) in [6.45, 7) is 2.25. The van der Waals surface area contributed by atoms with Gasteiger partial charge in [-0.05, 0) is 36.2 Å². The summed E-state index contributed by atoms with van der Waals surface area (Å²) in [5, 5.41) is 13.6. The molecule has 132 valence electrons. The van der Waals surface area contributed by atoms with E-state index in [0.29, 0.717) is 11.5 Å². The van der Waals surface area contributed by atoms with Crippen LogP contribution < -0.4 is 14.8 Å². The van der Waals surface area contributed by atoms with Crippen LogP contribution >= 0.6 is 0 Å². The van der Waals surface area contributed by atoms with Gasteiger partial charge in [-0.1, -0.05) is 19.1 Å². The second kappa shape index (κ2) is 8.68. The van der Waals surface area contributed by atoms with E-state index >= 15 is 0 Å². The molecule has 0 saturated carbocycles. The average Bonchev–Trinajstić information content (AvgIpc) is 2.62. The molecule has 2 rings (SSSR count). The van der Waals surface area contributed by atoms with Crippen molar-refractivity contribution >= 4 is 17.3 Å². The van der Waals surface area contributed by atoms with Gasteiger partial charge in [0.15, 0.2) is 0 Å². The third-order valence-electron chi connectivity index (χ3n) is 3.61. The standard InChI is InChI=1S/C18H20N2O5/c1-3-13-4-6-14(7-5-13)25-11-10-18(21)19-16-9-8-15(24-2)12-17(16)20(22)23/h4-9,12H,3,10-11H2,1-2H3,(H,19,21). The van der Waals surface area contributed by atoms with Crippen LogP contribution in [0.5, 0.6) is 11.5 Å². The Labute approximate surface area is 145 Å². The van der Waals surface area contributed by atoms with Crippen molar-refractivity contribution in [3.05, 3.63) is 58.1 Å². The first-order valence-corrected chi connectivity index (χ1v) is 7.87. The summed E-state index contributed by atoms with van der Waals surface area (Å²) in [6, 6.07) is 11.9. The third kappa shape index (κ3) is 5.20. The molecule has 2 aromatic rings. The fourth-order valence-corrected chi connectivity index (χ4v) is 2.19. The quantitative estimate of drug-likeness (QED) is 0.584. The number of hydrogen-bond donors (Lipinski definition) is 1. The largest absolute Gasteiger partial charge is 0.496 e. The molecule has 0 saturated heterocycles. The van der Waals surface area contributed by atoms with E-state index in [4.69, 9.17) is 9.47 Å². The van der Waals surface area contributed by atoms with Gasteiger partial charge >= 0.3 is 0 Å². The Morgan fingerprint density at radius 2 is 1.84 bits per heavy atom. The molecule has 0 unspecified atom stereocenters. The van der Waals surface area contributed by atoms with Crippen LogP contribution in [-0.4, -0.2) is 24.5 Å². The van der Waals surface area contributed by atoms with Crippen LogP contribution in [0.4, 0.5) is 11.4 Å². The van der Waals surface area contributed by atoms with E-state index in [0.717, 1.165) is 6.42 Å². The Morgan fingerprint density at radius 3 is 2.44 bits per heavy atom. The number of aryl methyl sites for hydroxylation is 1. The van der Waals surface area contributed by atoms with Crippen LogP contribution in [0.2, 0.25) is 0 Å². The zero-order valence-corrected chi connectivity index (χ0v) is 14.2. The van der Waals surface area contributed by atoms with E-state index < -0.39 is 4.92 Å². The molecule has 0 bridgehead atoms. The maximum Gasteiger partial charge on any atom is 0.296 e. The minimum atomic E-state index is -0.566. The SMILES string of the molecule is CCc1ccc(OCCC(=O)Nc2ccc(OC)cc2[N+](=O)[O-])cc1. The molecule has 0 spiro atoms. The minimum absolute atomic E-state index is 0.0821. The molecular weight excluding hydrogens is 324 g/mol. The molecule has 1 N–H and O–H groups in total. The molecule has 7 nitrogen and oxygen atoms in total. The molecule has 0 fully saturated rings. The fourth-order valence-electron chi connectivity index (χ4n) is 2.19. The molecule has 0 aliphatic carbocycles. The number of methoxy groups -OCH3 is 1. The zero-order chi connectivity index (χ0) is 18.2. The molecule has 0 atom stereocenters. The minimum Gasteiger partial charge on any atom is -0.496 e. The molecule has 0 heterocycles. The number of rotatable bonds is 8. The summed E-state index contributed by atoms with van der Waals surface area (Å²) in [4.78, 5) is 22.5. The molecule has 0 aliphatic heterocycles. The van der Waals surface area contributed by atoms with Crippen molar-refractivity contribution in [2.24, 2.45) is 0 Å². The van der Waals surface area contributed by atoms with Gasteiger partial charge in [0.2, 0.25) is 5.91 Å². The Balaban J connectivity index is 1.90. The smallest absolute Gasteiger partial charge is 0.296 e. The van der Waals surface area contributed by atoms with Crippen molar-refractivity contribution in [2.45, 2.75) is 19.8 Å². The van der Waals surface area contributed by atoms with E-state index in [2.05, 4.69) is 12.2 Å². The number of carbonyl (C=O) groups excluding carboxylic acids is 1. The van der Waals surface area contributed by atoms with Crippen molar-refractivity contribution in [2.75, 3.05) is 19.0 Å². The number of amides is 1. The topological polar surface area (TPSA) is 90.7 Å². The summed E-state index contributed by atoms with van der Waals surface area (Å²) >= 11 is 0. The lowest BCUT2D eigenvalue weighted by atomic mass is 10.2. The summed E-state index contributed by atoms with van der Waals surface area (Å²) in [6.07, 6.45) is 1.03. The first-order chi connectivity index (χ1) is 12.0. The Morgan fingerprint density at radius 1 is 1.16 bits per heavy atom. The predicted molar refractivity (Wildman–Crippen MR) is 94.2 cm³/mol. The lowest BCUT2D eigenvalue weighted by Crippen LogP contribution is -2.16. The van der Waals surface area contributed by atoms with E-state index in [9.17, 15) is 14.9 Å². The van der Waals surface area contributed by atoms with Gasteiger partial charge in [0.1, 0.15) is 17.2 Å². The Bertz CT molecular complexity index is 744. The van der Waals surface area contributed by atoms with Crippen LogP contribution in [-0.2, 0) is 11.2 Å². The van der Waals surface area contributed by atoms with Gasteiger partial charge in [-0.15, -0.1) is 0 Å². The van der Waals surface area contributed by atoms with Crippen molar-refractivity contribution in [3.63, 3.8) is 0 Å². The second-order valence-electron chi connectivity index (χ2n) is 5.28. The first kappa shape index (κ1) is 18.3. The number of nitro groups is 1. The van der Waals surface area contributed by atoms with Crippen LogP contribution in [0.25, 0.3) is 0 Å². The molecule has 1 amide bonds. The second-order valence-corrected chi connectivity index (χ2v) is 5.28. The van der Waals surface area contributed by atoms with Gasteiger partial charge in [0, 0.05) is 0 Å². The van der Waals surface area contributed by atoms with E-state index in [-0.39, 0.29) is 30.3 Å². The summed E-state index contributed by atoms with van der Waals surface area (Å²) < 4.78 is 10.5. The monoisotopic (exact) mass is 344 g/mol. The molecular formula is C18H20N2O5. The maximum atomic E-state index is 12.0. The first-order valence-electron chi connectivity index (χ1n) is 7.87. The molecule has 25 heavy (non-hydrogen) atoms. The number of benzene rings is 2. The van der Waals surface area contributed by atoms with Crippen molar-refractivity contribution < 1.29 is 19.2 Å². The summed E-state index contributed by atoms with van der Waals surface area (Å²) in [5.74, 6) is 0.669. The van der Waals surface area contributed by atoms with Gasteiger partial charge in [-0.2, -0.15) is 0 Å². The number of hydrogen-bond acceptors (Lipinski definition) is 5. The van der Waals surface area contributed by atoms with Crippen molar-refractivity contribution in [3.8, 4) is 11.5 Å². The van der Waals surface area contributed by atoms with Crippen LogP contribution in [0.15, 0.2) is 42.5 Å². The highest BCUT2D eigenvalue weighted by molar-refractivity contribution is 5.93. The number of anilines is 1. The Kier molecular flexibility index (Phi) is 6.33. The van der Waals surface area contributed by atoms with Crippen molar-refractivity contribution in [1.29, 1.82) is 0 Å². The molecule has 7 heteroatoms. The number of nitro benzene ring substituents is 1. The highest BCUT2D eigenvalue weighted by atomic mass is 16.6. The number of ether oxygens (including phenoxy) is 2. The summed E-state index contributed by atoms with van der Waals surface area (Å²) in [7, 11) is 1.42. The van der Waals surface area contributed by atoms with Gasteiger partial charge < -0.3 is 14.8 Å². The number of nitrogens with zero attached hydrogens (tertiary/aromatic N) is 1. The van der Waals surface area contributed by atoms with Gasteiger partial charge in [-0.25, -0.2) is 0 Å². The van der Waals surface area contributed by atoms with Gasteiger partial charge in [-0.3, -0.25) is 14.9 Å². The van der Waals surface area contributed by atoms with E-state index in [1.807, 2.05) is 24.3 Å². The zero-order valence-electron chi connectivity index (χ0n) is 14.2. The number of nitrogens with one attached hydrogen (secondary N) is 1. The van der Waals surface area contributed by atoms with Gasteiger partial charge in [0.25, 0.3) is 5.69 Å². The molecule has 0 radical (unpaired) electrons. The fraction of sp³-hybridized carbons (Fsp3) is 0.278. The van der Waals surface area contributed by atoms with Gasteiger partial charge in [0.05, 0.1) is 31.1 Å².